The molecule has 0 aromatic rings. The van der Waals surface area contributed by atoms with Crippen LogP contribution in [-0.2, 0) is 64.9 Å². The first-order chi connectivity index (χ1) is 25.9. The zero-order chi connectivity index (χ0) is 39.4. The van der Waals surface area contributed by atoms with E-state index in [1.54, 1.807) is 65.2 Å². The molecule has 6 amide bonds. The van der Waals surface area contributed by atoms with Crippen LogP contribution in [0, 0.1) is 63.2 Å². The van der Waals surface area contributed by atoms with Gasteiger partial charge < -0.3 is 40.5 Å². The van der Waals surface area contributed by atoms with Crippen molar-refractivity contribution in [3.05, 3.63) is 63.2 Å². The van der Waals surface area contributed by atoms with Crippen LogP contribution in [0.3, 0.4) is 0 Å². The maximum Gasteiger partial charge on any atom is 2.00 e. The van der Waals surface area contributed by atoms with Crippen molar-refractivity contribution in [3.63, 3.8) is 0 Å². The number of nitrogens with one attached hydrogen (secondary N) is 4. The summed E-state index contributed by atoms with van der Waals surface area (Å²) in [6.07, 6.45) is 15.2. The van der Waals surface area contributed by atoms with E-state index in [1.165, 1.54) is 24.0 Å². The molecule has 2 saturated heterocycles. The number of nitrogens with zero attached hydrogens (tertiary/aromatic N) is 2. The number of likely N-dealkylation sites (tertiary alicyclic amines) is 2. The molecule has 4 aliphatic rings. The Bertz CT molecular complexity index is 1300. The van der Waals surface area contributed by atoms with Crippen molar-refractivity contribution >= 4 is 69.0 Å². The molecule has 55 heavy (non-hydrogen) atoms. The third-order valence-electron chi connectivity index (χ3n) is 9.12. The van der Waals surface area contributed by atoms with E-state index in [0.29, 0.717) is 50.6 Å². The van der Waals surface area contributed by atoms with Crippen molar-refractivity contribution in [2.75, 3.05) is 38.8 Å². The molecular weight excluding hydrogens is 796 g/mol. The van der Waals surface area contributed by atoms with E-state index >= 15 is 0 Å². The molecule has 6 atom stereocenters. The number of methoxy groups -OCH3 is 2. The van der Waals surface area contributed by atoms with E-state index < -0.39 is 83.6 Å². The van der Waals surface area contributed by atoms with Crippen molar-refractivity contribution in [1.82, 2.24) is 31.1 Å². The maximum atomic E-state index is 13.4. The van der Waals surface area contributed by atoms with Crippen LogP contribution in [0.2, 0.25) is 0 Å². The largest absolute Gasteiger partial charge is 2.00 e. The Morgan fingerprint density at radius 2 is 0.982 bits per heavy atom. The average molecular weight is 843 g/mol. The number of hydrogen-bond donors (Lipinski definition) is 4. The molecule has 0 bridgehead atoms. The first-order valence-electron chi connectivity index (χ1n) is 17.5. The number of carbonyl (C=O) groups excluding carboxylic acids is 8. The van der Waals surface area contributed by atoms with Gasteiger partial charge in [-0.3, -0.25) is 28.8 Å². The van der Waals surface area contributed by atoms with Gasteiger partial charge in [0.25, 0.3) is 0 Å². The molecule has 298 valence electrons. The standard InChI is InChI=1S/C36H46N6O10S2.Fe/c1-21(37-29(43)23-11-5-6-12-23)33(47)41-17-9-15-27(41)31(45)39-25(35(49)51-3)19-53-54-20-26(36(50)52-4)40-32(46)28-16-10-18-42(28)34(48)22(2)38-30(44)24-13-7-8-14-24;/h5-8,11-14,21-22,25-28H,9-10,15-20H2,1-4H3,(H,37,43)(H,38,44)(H,39,45)(H,40,46);/q;+2/t21-,22-,25-,26-,27-,28-;/m0./s1. The van der Waals surface area contributed by atoms with Crippen molar-refractivity contribution < 1.29 is 64.9 Å². The summed E-state index contributed by atoms with van der Waals surface area (Å²) in [7, 11) is 4.65. The van der Waals surface area contributed by atoms with Gasteiger partial charge in [0, 0.05) is 24.6 Å². The topological polar surface area (TPSA) is 210 Å². The van der Waals surface area contributed by atoms with Gasteiger partial charge in [-0.15, -0.1) is 0 Å². The van der Waals surface area contributed by atoms with Gasteiger partial charge in [-0.25, -0.2) is 9.59 Å². The third kappa shape index (κ3) is 12.7. The first kappa shape index (κ1) is 46.4. The van der Waals surface area contributed by atoms with Crippen LogP contribution in [0.15, 0.2) is 0 Å². The summed E-state index contributed by atoms with van der Waals surface area (Å²) in [6, 6.07) is -5.70. The molecule has 16 nitrogen and oxygen atoms in total. The van der Waals surface area contributed by atoms with Crippen molar-refractivity contribution in [1.29, 1.82) is 0 Å². The van der Waals surface area contributed by atoms with Gasteiger partial charge >= 0.3 is 29.0 Å². The van der Waals surface area contributed by atoms with E-state index in [1.807, 2.05) is 0 Å². The minimum Gasteiger partial charge on any atom is -0.467 e. The predicted molar refractivity (Wildman–Crippen MR) is 198 cm³/mol. The fourth-order valence-electron chi connectivity index (χ4n) is 6.23. The Balaban J connectivity index is 0.00000812. The van der Waals surface area contributed by atoms with Gasteiger partial charge in [0.1, 0.15) is 36.3 Å². The van der Waals surface area contributed by atoms with E-state index in [0.717, 1.165) is 21.6 Å². The molecule has 2 aliphatic carbocycles. The molecule has 2 saturated carbocycles. The summed E-state index contributed by atoms with van der Waals surface area (Å²) in [6.45, 7) is 3.70. The molecule has 4 N–H and O–H groups in total. The van der Waals surface area contributed by atoms with E-state index in [9.17, 15) is 38.4 Å². The molecule has 19 heteroatoms. The van der Waals surface area contributed by atoms with Crippen LogP contribution in [-0.4, -0.2) is 132 Å². The van der Waals surface area contributed by atoms with E-state index in [2.05, 4.69) is 21.3 Å². The van der Waals surface area contributed by atoms with Gasteiger partial charge in [-0.05, 0) is 90.9 Å². The summed E-state index contributed by atoms with van der Waals surface area (Å²) < 4.78 is 9.81. The molecular formula is C36H46FeN6O10S2+2. The zero-order valence-corrected chi connectivity index (χ0v) is 33.6. The molecule has 2 heterocycles. The Morgan fingerprint density at radius 1 is 0.636 bits per heavy atom. The van der Waals surface area contributed by atoms with Gasteiger partial charge in [0.2, 0.25) is 35.4 Å². The smallest absolute Gasteiger partial charge is 0.467 e. The zero-order valence-electron chi connectivity index (χ0n) is 30.9. The maximum absolute atomic E-state index is 13.4. The van der Waals surface area contributed by atoms with Crippen LogP contribution < -0.4 is 21.3 Å². The molecule has 0 unspecified atom stereocenters. The van der Waals surface area contributed by atoms with Gasteiger partial charge in [0.05, 0.1) is 26.1 Å². The number of hydrogen-bond acceptors (Lipinski definition) is 12. The summed E-state index contributed by atoms with van der Waals surface area (Å²) in [5.41, 5.74) is 0. The fraction of sp³-hybridized carbons (Fsp3) is 0.500. The second-order valence-corrected chi connectivity index (χ2v) is 15.4. The molecule has 4 rings (SSSR count). The van der Waals surface area contributed by atoms with Crippen LogP contribution in [0.25, 0.3) is 0 Å². The van der Waals surface area contributed by atoms with Gasteiger partial charge in [0.15, 0.2) is 0 Å². The first-order valence-corrected chi connectivity index (χ1v) is 20.0. The minimum atomic E-state index is -1.10. The molecule has 0 aromatic heterocycles. The molecule has 4 fully saturated rings. The van der Waals surface area contributed by atoms with Crippen molar-refractivity contribution in [2.45, 2.75) is 75.8 Å². The molecule has 2 aliphatic heterocycles. The summed E-state index contributed by atoms with van der Waals surface area (Å²) in [4.78, 5) is 106. The van der Waals surface area contributed by atoms with E-state index in [4.69, 9.17) is 9.47 Å². The van der Waals surface area contributed by atoms with Crippen molar-refractivity contribution in [3.8, 4) is 0 Å². The second kappa shape index (κ2) is 22.7. The van der Waals surface area contributed by atoms with Crippen LogP contribution in [0.1, 0.15) is 39.5 Å². The van der Waals surface area contributed by atoms with Crippen LogP contribution in [0.4, 0.5) is 0 Å². The second-order valence-electron chi connectivity index (χ2n) is 12.9. The molecule has 10 radical (unpaired) electrons. The molecule has 0 spiro atoms. The van der Waals surface area contributed by atoms with Crippen molar-refractivity contribution in [2.24, 2.45) is 0 Å². The Labute approximate surface area is 341 Å². The number of carbonyl (C=O) groups is 8. The quantitative estimate of drug-likeness (QED) is 0.0632. The number of amides is 6. The van der Waals surface area contributed by atoms with Crippen LogP contribution in [0.5, 0.6) is 0 Å². The minimum absolute atomic E-state index is 0. The fourth-order valence-corrected chi connectivity index (χ4v) is 8.53. The third-order valence-corrected chi connectivity index (χ3v) is 11.5. The van der Waals surface area contributed by atoms with Crippen LogP contribution >= 0.6 is 21.6 Å². The Morgan fingerprint density at radius 3 is 1.31 bits per heavy atom. The Hall–Kier alpha value is -3.02. The van der Waals surface area contributed by atoms with E-state index in [-0.39, 0.29) is 28.6 Å². The number of ether oxygens (including phenoxy) is 2. The summed E-state index contributed by atoms with van der Waals surface area (Å²) >= 11 is 0. The monoisotopic (exact) mass is 842 g/mol. The number of esters is 2. The normalized spacial score (nSPS) is 22.1. The average Bonchev–Trinajstić information content (AvgIpc) is 4.01. The summed E-state index contributed by atoms with van der Waals surface area (Å²) in [5, 5.41) is 10.7. The van der Waals surface area contributed by atoms with Gasteiger partial charge in [-0.2, -0.15) is 0 Å². The Kier molecular flexibility index (Phi) is 19.1. The number of rotatable bonds is 17. The molecule has 0 aromatic carbocycles. The van der Waals surface area contributed by atoms with Gasteiger partial charge in [-0.1, -0.05) is 21.6 Å². The predicted octanol–water partition coefficient (Wildman–Crippen LogP) is -0.517. The SMILES string of the molecule is COC(=O)[C@H](CSSC[C@H](NC(=O)[C@@H]1CCCN1C(=O)[C@H](C)NC(=O)[C]1[CH][CH][CH][CH]1)C(=O)OC)NC(=O)[C@@H]1CCCN1C(=O)[C@H](C)NC(=O)[C]1[CH][CH][CH][CH]1.[Fe+2]. The summed E-state index contributed by atoms with van der Waals surface area (Å²) in [5.74, 6) is -3.33.